The van der Waals surface area contributed by atoms with Crippen LogP contribution >= 0.6 is 35.0 Å². The van der Waals surface area contributed by atoms with Gasteiger partial charge in [-0.15, -0.1) is 0 Å². The summed E-state index contributed by atoms with van der Waals surface area (Å²) in [5.41, 5.74) is 0. The average molecular weight is 276 g/mol. The lowest BCUT2D eigenvalue weighted by Crippen LogP contribution is -1.95. The third-order valence-electron chi connectivity index (χ3n) is 1.73. The number of nitrogens with one attached hydrogen (secondary N) is 1. The fourth-order valence-electron chi connectivity index (χ4n) is 1.04. The van der Waals surface area contributed by atoms with Crippen LogP contribution in [0.3, 0.4) is 0 Å². The van der Waals surface area contributed by atoms with Gasteiger partial charge in [0.15, 0.2) is 0 Å². The van der Waals surface area contributed by atoms with Crippen molar-refractivity contribution >= 4 is 40.8 Å². The standard InChI is InChI=1S/C9H7Cl2N3OS/c1-12-7-5(10)4-6(11)8(14-7)16-9-13-2-3-15-9/h2-4H,1H3,(H,12,14). The van der Waals surface area contributed by atoms with Gasteiger partial charge in [-0.05, 0) is 17.8 Å². The monoisotopic (exact) mass is 275 g/mol. The van der Waals surface area contributed by atoms with Crippen molar-refractivity contribution in [3.8, 4) is 0 Å². The summed E-state index contributed by atoms with van der Waals surface area (Å²) in [6.45, 7) is 0. The minimum absolute atomic E-state index is 0.465. The van der Waals surface area contributed by atoms with Crippen LogP contribution in [0.15, 0.2) is 33.2 Å². The lowest BCUT2D eigenvalue weighted by molar-refractivity contribution is 0.454. The van der Waals surface area contributed by atoms with Crippen LogP contribution in [0.25, 0.3) is 0 Å². The van der Waals surface area contributed by atoms with Gasteiger partial charge in [-0.2, -0.15) is 0 Å². The first-order chi connectivity index (χ1) is 7.70. The highest BCUT2D eigenvalue weighted by Crippen LogP contribution is 2.34. The smallest absolute Gasteiger partial charge is 0.262 e. The molecular formula is C9H7Cl2N3OS. The van der Waals surface area contributed by atoms with E-state index in [1.807, 2.05) is 0 Å². The molecule has 1 N–H and O–H groups in total. The number of nitrogens with zero attached hydrogens (tertiary/aromatic N) is 2. The second-order valence-electron chi connectivity index (χ2n) is 2.76. The van der Waals surface area contributed by atoms with Gasteiger partial charge in [0.25, 0.3) is 5.22 Å². The molecule has 0 aliphatic carbocycles. The molecule has 16 heavy (non-hydrogen) atoms. The molecule has 2 aromatic heterocycles. The molecule has 0 aliphatic heterocycles. The minimum atomic E-state index is 0.465. The summed E-state index contributed by atoms with van der Waals surface area (Å²) in [6.07, 6.45) is 3.05. The lowest BCUT2D eigenvalue weighted by atomic mass is 10.4. The van der Waals surface area contributed by atoms with Crippen molar-refractivity contribution in [1.29, 1.82) is 0 Å². The maximum atomic E-state index is 6.01. The van der Waals surface area contributed by atoms with Crippen LogP contribution in [-0.4, -0.2) is 17.0 Å². The molecule has 0 atom stereocenters. The molecule has 0 fully saturated rings. The van der Waals surface area contributed by atoms with E-state index in [4.69, 9.17) is 27.6 Å². The van der Waals surface area contributed by atoms with E-state index < -0.39 is 0 Å². The molecule has 0 aromatic carbocycles. The zero-order chi connectivity index (χ0) is 11.5. The van der Waals surface area contributed by atoms with Gasteiger partial charge in [-0.1, -0.05) is 23.2 Å². The number of hydrogen-bond donors (Lipinski definition) is 1. The van der Waals surface area contributed by atoms with E-state index in [9.17, 15) is 0 Å². The van der Waals surface area contributed by atoms with Gasteiger partial charge in [0, 0.05) is 7.05 Å². The van der Waals surface area contributed by atoms with Crippen molar-refractivity contribution < 1.29 is 4.42 Å². The van der Waals surface area contributed by atoms with E-state index in [0.717, 1.165) is 0 Å². The second-order valence-corrected chi connectivity index (χ2v) is 4.51. The summed E-state index contributed by atoms with van der Waals surface area (Å²) in [5.74, 6) is 0.570. The Labute approximate surface area is 106 Å². The Bertz CT molecular complexity index is 490. The molecule has 7 heteroatoms. The fourth-order valence-corrected chi connectivity index (χ4v) is 2.28. The van der Waals surface area contributed by atoms with E-state index >= 15 is 0 Å². The molecule has 2 aromatic rings. The number of anilines is 1. The van der Waals surface area contributed by atoms with Crippen molar-refractivity contribution in [3.05, 3.63) is 28.6 Å². The lowest BCUT2D eigenvalue weighted by Gasteiger charge is -2.06. The molecular weight excluding hydrogens is 269 g/mol. The van der Waals surface area contributed by atoms with Crippen molar-refractivity contribution in [2.75, 3.05) is 12.4 Å². The summed E-state index contributed by atoms with van der Waals surface area (Å²) < 4.78 is 5.10. The normalized spacial score (nSPS) is 10.4. The Balaban J connectivity index is 2.33. The van der Waals surface area contributed by atoms with Crippen molar-refractivity contribution in [3.63, 3.8) is 0 Å². The minimum Gasteiger partial charge on any atom is -0.440 e. The SMILES string of the molecule is CNc1nc(Sc2ncco2)c(Cl)cc1Cl. The Morgan fingerprint density at radius 1 is 1.38 bits per heavy atom. The van der Waals surface area contributed by atoms with Gasteiger partial charge in [-0.3, -0.25) is 0 Å². The summed E-state index contributed by atoms with van der Waals surface area (Å²) in [4.78, 5) is 8.23. The first-order valence-corrected chi connectivity index (χ1v) is 5.89. The van der Waals surface area contributed by atoms with Crippen LogP contribution in [0.2, 0.25) is 10.0 Å². The third kappa shape index (κ3) is 2.42. The molecule has 2 rings (SSSR count). The van der Waals surface area contributed by atoms with Crippen LogP contribution in [0.4, 0.5) is 5.82 Å². The van der Waals surface area contributed by atoms with E-state index in [1.165, 1.54) is 18.0 Å². The maximum absolute atomic E-state index is 6.01. The molecule has 0 amide bonds. The number of oxazole rings is 1. The van der Waals surface area contributed by atoms with E-state index in [1.54, 1.807) is 19.3 Å². The Kier molecular flexibility index (Phi) is 3.58. The van der Waals surface area contributed by atoms with Crippen LogP contribution in [0.5, 0.6) is 0 Å². The van der Waals surface area contributed by atoms with Crippen LogP contribution in [0.1, 0.15) is 0 Å². The Morgan fingerprint density at radius 3 is 2.81 bits per heavy atom. The first-order valence-electron chi connectivity index (χ1n) is 4.32. The zero-order valence-corrected chi connectivity index (χ0v) is 10.5. The summed E-state index contributed by atoms with van der Waals surface area (Å²) in [5, 5.41) is 4.90. The van der Waals surface area contributed by atoms with Gasteiger partial charge in [0.05, 0.1) is 16.2 Å². The predicted octanol–water partition coefficient (Wildman–Crippen LogP) is 3.57. The van der Waals surface area contributed by atoms with Gasteiger partial charge in [0.1, 0.15) is 17.1 Å². The molecule has 4 nitrogen and oxygen atoms in total. The van der Waals surface area contributed by atoms with E-state index in [2.05, 4.69) is 15.3 Å². The maximum Gasteiger partial charge on any atom is 0.262 e. The first kappa shape index (κ1) is 11.6. The van der Waals surface area contributed by atoms with Gasteiger partial charge < -0.3 is 9.73 Å². The largest absolute Gasteiger partial charge is 0.440 e. The molecule has 0 bridgehead atoms. The second kappa shape index (κ2) is 4.95. The highest BCUT2D eigenvalue weighted by Gasteiger charge is 2.11. The average Bonchev–Trinajstić information content (AvgIpc) is 2.75. The van der Waals surface area contributed by atoms with Crippen LogP contribution < -0.4 is 5.32 Å². The molecule has 84 valence electrons. The Hall–Kier alpha value is -0.910. The highest BCUT2D eigenvalue weighted by molar-refractivity contribution is 7.99. The quantitative estimate of drug-likeness (QED) is 0.928. The molecule has 0 saturated carbocycles. The molecule has 0 radical (unpaired) electrons. The van der Waals surface area contributed by atoms with E-state index in [-0.39, 0.29) is 0 Å². The number of hydrogen-bond acceptors (Lipinski definition) is 5. The van der Waals surface area contributed by atoms with Crippen LogP contribution in [0, 0.1) is 0 Å². The molecule has 0 aliphatic rings. The van der Waals surface area contributed by atoms with Gasteiger partial charge in [0.2, 0.25) is 0 Å². The van der Waals surface area contributed by atoms with Crippen molar-refractivity contribution in [1.82, 2.24) is 9.97 Å². The van der Waals surface area contributed by atoms with Crippen molar-refractivity contribution in [2.24, 2.45) is 0 Å². The van der Waals surface area contributed by atoms with Gasteiger partial charge in [-0.25, -0.2) is 9.97 Å². The fraction of sp³-hybridized carbons (Fsp3) is 0.111. The Morgan fingerprint density at radius 2 is 2.19 bits per heavy atom. The predicted molar refractivity (Wildman–Crippen MR) is 64.4 cm³/mol. The number of halogens is 2. The van der Waals surface area contributed by atoms with Crippen molar-refractivity contribution in [2.45, 2.75) is 10.2 Å². The molecule has 2 heterocycles. The van der Waals surface area contributed by atoms with Crippen LogP contribution in [-0.2, 0) is 0 Å². The number of pyridine rings is 1. The molecule has 0 unspecified atom stereocenters. The van der Waals surface area contributed by atoms with Gasteiger partial charge >= 0.3 is 0 Å². The van der Waals surface area contributed by atoms with E-state index in [0.29, 0.717) is 26.1 Å². The highest BCUT2D eigenvalue weighted by atomic mass is 35.5. The summed E-state index contributed by atoms with van der Waals surface area (Å²) in [7, 11) is 1.74. The number of rotatable bonds is 3. The molecule has 0 saturated heterocycles. The molecule has 0 spiro atoms. The zero-order valence-electron chi connectivity index (χ0n) is 8.20. The number of aromatic nitrogens is 2. The summed E-state index contributed by atoms with van der Waals surface area (Å²) >= 11 is 13.2. The third-order valence-corrected chi connectivity index (χ3v) is 3.30. The summed E-state index contributed by atoms with van der Waals surface area (Å²) in [6, 6.07) is 1.63. The topological polar surface area (TPSA) is 51.0 Å².